The molecule has 2 aromatic carbocycles. The second-order valence-corrected chi connectivity index (χ2v) is 16.8. The van der Waals surface area contributed by atoms with Crippen LogP contribution in [-0.2, 0) is 22.3 Å². The van der Waals surface area contributed by atoms with Crippen LogP contribution in [0.15, 0.2) is 46.4 Å². The van der Waals surface area contributed by atoms with Crippen molar-refractivity contribution in [2.45, 2.75) is 105 Å². The second kappa shape index (κ2) is 18.9. The van der Waals surface area contributed by atoms with E-state index in [2.05, 4.69) is 86.6 Å². The topological polar surface area (TPSA) is 89.5 Å². The molecule has 2 aliphatic rings. The zero-order chi connectivity index (χ0) is 38.3. The molecule has 2 aromatic rings. The van der Waals surface area contributed by atoms with Gasteiger partial charge >= 0.3 is 12.3 Å². The molecule has 2 fully saturated rings. The minimum atomic E-state index is -0.842. The molecule has 0 aromatic heterocycles. The smallest absolute Gasteiger partial charge is 0.493 e. The lowest BCUT2D eigenvalue weighted by molar-refractivity contribution is -0.0148. The Kier molecular flexibility index (Phi) is 15.2. The quantitative estimate of drug-likeness (QED) is 0.112. The zero-order valence-corrected chi connectivity index (χ0v) is 35.2. The molecule has 286 valence electrons. The fraction of sp³-hybridized carbons (Fsp3) is 0.571. The van der Waals surface area contributed by atoms with Crippen LogP contribution in [0.25, 0.3) is 11.1 Å². The molecule has 0 radical (unpaired) electrons. The summed E-state index contributed by atoms with van der Waals surface area (Å²) in [6.45, 7) is 20.9. The van der Waals surface area contributed by atoms with E-state index < -0.39 is 12.3 Å². The summed E-state index contributed by atoms with van der Waals surface area (Å²) >= 11 is 7.65. The normalized spacial score (nSPS) is 23.2. The van der Waals surface area contributed by atoms with Crippen LogP contribution in [0.2, 0.25) is 0 Å². The van der Waals surface area contributed by atoms with E-state index in [1.807, 2.05) is 0 Å². The van der Waals surface area contributed by atoms with Gasteiger partial charge in [0.15, 0.2) is 23.0 Å². The summed E-state index contributed by atoms with van der Waals surface area (Å²) in [6.07, 6.45) is 7.84. The molecule has 10 heteroatoms. The molecule has 2 saturated carbocycles. The minimum absolute atomic E-state index is 0.0924. The van der Waals surface area contributed by atoms with Gasteiger partial charge in [-0.3, -0.25) is 0 Å². The Labute approximate surface area is 327 Å². The molecule has 2 aliphatic carbocycles. The van der Waals surface area contributed by atoms with E-state index >= 15 is 0 Å². The van der Waals surface area contributed by atoms with E-state index in [-0.39, 0.29) is 47.0 Å². The number of methoxy groups -OCH3 is 2. The SMILES string of the molecule is C=CCc1cc(OC)c(OC(=O)O[C@@H]2C[C@H](C)CC[C@H]2C(C)C)c(-c2c(Br)c(CC=C)cc(OC)c2OC(=O)O[C@@H]2C[C@H](C)CC[C@H]2C(C)C)c1Br. The largest absolute Gasteiger partial charge is 0.514 e. The average molecular weight is 849 g/mol. The van der Waals surface area contributed by atoms with Gasteiger partial charge in [0, 0.05) is 20.1 Å². The summed E-state index contributed by atoms with van der Waals surface area (Å²) in [7, 11) is 3.02. The lowest BCUT2D eigenvalue weighted by atomic mass is 9.75. The molecule has 0 aliphatic heterocycles. The van der Waals surface area contributed by atoms with Crippen molar-refractivity contribution in [3.8, 4) is 34.1 Å². The predicted octanol–water partition coefficient (Wildman–Crippen LogP) is 12.3. The van der Waals surface area contributed by atoms with Crippen molar-refractivity contribution in [3.63, 3.8) is 0 Å². The first-order valence-electron chi connectivity index (χ1n) is 18.5. The molecule has 0 spiro atoms. The number of hydrogen-bond acceptors (Lipinski definition) is 8. The van der Waals surface area contributed by atoms with Gasteiger partial charge in [-0.2, -0.15) is 0 Å². The van der Waals surface area contributed by atoms with Gasteiger partial charge in [0.05, 0.1) is 14.2 Å². The monoisotopic (exact) mass is 846 g/mol. The maximum Gasteiger partial charge on any atom is 0.514 e. The van der Waals surface area contributed by atoms with Gasteiger partial charge < -0.3 is 28.4 Å². The maximum absolute atomic E-state index is 13.8. The number of rotatable bonds is 13. The van der Waals surface area contributed by atoms with Crippen LogP contribution in [0.1, 0.15) is 91.2 Å². The average Bonchev–Trinajstić information content (AvgIpc) is 3.08. The standard InChI is InChI=1S/C42H56Br2O8/c1-11-13-27-21-33(47-9)39(51-41(45)49-31-19-25(7)15-17-29(31)23(3)4)35(37(27)43)36-38(44)28(14-12-2)22-34(48-10)40(36)52-42(46)50-32-20-26(8)16-18-30(32)24(5)6/h11-12,21-26,29-32H,1-2,13-20H2,3-10H3/t25-,26-,29+,30+,31-,32-/m1/s1. The Balaban J connectivity index is 1.89. The Morgan fingerprint density at radius 1 is 0.712 bits per heavy atom. The Bertz CT molecular complexity index is 1480. The minimum Gasteiger partial charge on any atom is -0.493 e. The number of carbonyl (C=O) groups is 2. The van der Waals surface area contributed by atoms with Gasteiger partial charge in [-0.25, -0.2) is 9.59 Å². The van der Waals surface area contributed by atoms with Crippen LogP contribution in [-0.4, -0.2) is 38.7 Å². The van der Waals surface area contributed by atoms with Crippen LogP contribution in [0.3, 0.4) is 0 Å². The third kappa shape index (κ3) is 9.76. The van der Waals surface area contributed by atoms with E-state index in [1.165, 1.54) is 14.2 Å². The zero-order valence-electron chi connectivity index (χ0n) is 32.0. The second-order valence-electron chi connectivity index (χ2n) is 15.2. The number of allylic oxidation sites excluding steroid dienone is 2. The van der Waals surface area contributed by atoms with E-state index in [0.29, 0.717) is 56.6 Å². The summed E-state index contributed by atoms with van der Waals surface area (Å²) in [5.41, 5.74) is 2.40. The molecule has 4 rings (SSSR count). The third-order valence-corrected chi connectivity index (χ3v) is 12.5. The molecule has 6 atom stereocenters. The molecular formula is C42H56Br2O8. The fourth-order valence-electron chi connectivity index (χ4n) is 7.86. The number of halogens is 2. The van der Waals surface area contributed by atoms with Gasteiger partial charge in [-0.1, -0.05) is 66.5 Å². The molecule has 0 N–H and O–H groups in total. The number of hydrogen-bond donors (Lipinski definition) is 0. The van der Waals surface area contributed by atoms with Gasteiger partial charge in [0.25, 0.3) is 0 Å². The molecule has 0 saturated heterocycles. The molecule has 8 nitrogen and oxygen atoms in total. The summed E-state index contributed by atoms with van der Waals surface area (Å²) in [4.78, 5) is 27.6. The highest BCUT2D eigenvalue weighted by Crippen LogP contribution is 2.54. The fourth-order valence-corrected chi connectivity index (χ4v) is 9.17. The molecular weight excluding hydrogens is 792 g/mol. The van der Waals surface area contributed by atoms with Gasteiger partial charge in [-0.15, -0.1) is 13.2 Å². The molecule has 0 unspecified atom stereocenters. The first kappa shape index (κ1) is 41.8. The first-order valence-corrected chi connectivity index (χ1v) is 20.1. The highest BCUT2D eigenvalue weighted by Gasteiger charge is 2.37. The van der Waals surface area contributed by atoms with Crippen LogP contribution in [0, 0.1) is 35.5 Å². The van der Waals surface area contributed by atoms with Crippen molar-refractivity contribution in [1.29, 1.82) is 0 Å². The van der Waals surface area contributed by atoms with Crippen LogP contribution < -0.4 is 18.9 Å². The number of benzene rings is 2. The lowest BCUT2D eigenvalue weighted by Gasteiger charge is -2.36. The molecule has 0 heterocycles. The third-order valence-electron chi connectivity index (χ3n) is 10.7. The maximum atomic E-state index is 13.8. The number of ether oxygens (including phenoxy) is 6. The van der Waals surface area contributed by atoms with E-state index in [4.69, 9.17) is 28.4 Å². The molecule has 0 bridgehead atoms. The molecule has 0 amide bonds. The lowest BCUT2D eigenvalue weighted by Crippen LogP contribution is -2.36. The Morgan fingerprint density at radius 3 is 1.38 bits per heavy atom. The van der Waals surface area contributed by atoms with Gasteiger partial charge in [0.1, 0.15) is 12.2 Å². The van der Waals surface area contributed by atoms with E-state index in [9.17, 15) is 9.59 Å². The summed E-state index contributed by atoms with van der Waals surface area (Å²) in [6, 6.07) is 3.59. The first-order chi connectivity index (χ1) is 24.7. The van der Waals surface area contributed by atoms with Crippen molar-refractivity contribution in [1.82, 2.24) is 0 Å². The summed E-state index contributed by atoms with van der Waals surface area (Å²) < 4.78 is 37.4. The van der Waals surface area contributed by atoms with Crippen molar-refractivity contribution < 1.29 is 38.0 Å². The molecule has 52 heavy (non-hydrogen) atoms. The number of carbonyl (C=O) groups excluding carboxylic acids is 2. The van der Waals surface area contributed by atoms with Crippen molar-refractivity contribution in [3.05, 3.63) is 57.5 Å². The highest BCUT2D eigenvalue weighted by atomic mass is 79.9. The Hall–Kier alpha value is -2.98. The van der Waals surface area contributed by atoms with Gasteiger partial charge in [0.2, 0.25) is 0 Å². The van der Waals surface area contributed by atoms with E-state index in [0.717, 1.165) is 49.7 Å². The summed E-state index contributed by atoms with van der Waals surface area (Å²) in [5.74, 6) is 2.72. The van der Waals surface area contributed by atoms with Crippen LogP contribution >= 0.6 is 31.9 Å². The Morgan fingerprint density at radius 2 is 1.08 bits per heavy atom. The summed E-state index contributed by atoms with van der Waals surface area (Å²) in [5, 5.41) is 0. The predicted molar refractivity (Wildman–Crippen MR) is 213 cm³/mol. The van der Waals surface area contributed by atoms with Gasteiger partial charge in [-0.05, 0) is 129 Å². The van der Waals surface area contributed by atoms with E-state index in [1.54, 1.807) is 24.3 Å². The van der Waals surface area contributed by atoms with Crippen molar-refractivity contribution in [2.24, 2.45) is 35.5 Å². The highest BCUT2D eigenvalue weighted by molar-refractivity contribution is 9.11. The van der Waals surface area contributed by atoms with Crippen molar-refractivity contribution in [2.75, 3.05) is 14.2 Å². The van der Waals surface area contributed by atoms with Crippen molar-refractivity contribution >= 4 is 44.2 Å². The van der Waals surface area contributed by atoms with Crippen LogP contribution in [0.5, 0.6) is 23.0 Å². The van der Waals surface area contributed by atoms with Crippen LogP contribution in [0.4, 0.5) is 9.59 Å².